The number of amides is 1. The Hall–Kier alpha value is -3.82. The molecule has 0 aliphatic carbocycles. The lowest BCUT2D eigenvalue weighted by molar-refractivity contribution is -0.120. The van der Waals surface area contributed by atoms with Crippen molar-refractivity contribution in [1.82, 2.24) is 29.8 Å². The SMILES string of the molecule is CCNC(=NCc1ccn(-c2ccc(OC)cc2)n1)N1CCN(c2cnn(C)c2)C(=O)C1. The molecule has 168 valence electrons. The Balaban J connectivity index is 1.42. The second kappa shape index (κ2) is 9.54. The number of nitrogens with zero attached hydrogens (tertiary/aromatic N) is 7. The zero-order valence-corrected chi connectivity index (χ0v) is 18.6. The first kappa shape index (κ1) is 21.4. The number of benzene rings is 1. The molecule has 1 fully saturated rings. The van der Waals surface area contributed by atoms with Crippen molar-refractivity contribution >= 4 is 17.6 Å². The Kier molecular flexibility index (Phi) is 6.39. The summed E-state index contributed by atoms with van der Waals surface area (Å²) < 4.78 is 8.72. The van der Waals surface area contributed by atoms with Crippen LogP contribution in [0.2, 0.25) is 0 Å². The van der Waals surface area contributed by atoms with Crippen LogP contribution >= 0.6 is 0 Å². The highest BCUT2D eigenvalue weighted by Crippen LogP contribution is 2.17. The summed E-state index contributed by atoms with van der Waals surface area (Å²) in [4.78, 5) is 21.2. The fourth-order valence-electron chi connectivity index (χ4n) is 3.58. The summed E-state index contributed by atoms with van der Waals surface area (Å²) in [6.45, 7) is 4.69. The number of anilines is 1. The van der Waals surface area contributed by atoms with Gasteiger partial charge in [-0.2, -0.15) is 10.2 Å². The van der Waals surface area contributed by atoms with Gasteiger partial charge < -0.3 is 19.9 Å². The summed E-state index contributed by atoms with van der Waals surface area (Å²) in [5, 5.41) is 12.1. The molecular formula is C22H28N8O2. The number of carbonyl (C=O) groups is 1. The first-order valence-corrected chi connectivity index (χ1v) is 10.6. The molecule has 0 spiro atoms. The predicted octanol–water partition coefficient (Wildman–Crippen LogP) is 1.43. The molecule has 0 saturated carbocycles. The van der Waals surface area contributed by atoms with E-state index in [1.54, 1.807) is 22.9 Å². The molecule has 3 aromatic rings. The van der Waals surface area contributed by atoms with E-state index in [4.69, 9.17) is 9.73 Å². The Morgan fingerprint density at radius 1 is 1.19 bits per heavy atom. The maximum absolute atomic E-state index is 12.7. The van der Waals surface area contributed by atoms with E-state index >= 15 is 0 Å². The van der Waals surface area contributed by atoms with Crippen molar-refractivity contribution in [2.24, 2.45) is 12.0 Å². The highest BCUT2D eigenvalue weighted by atomic mass is 16.5. The van der Waals surface area contributed by atoms with Crippen molar-refractivity contribution in [3.05, 3.63) is 54.6 Å². The number of piperazine rings is 1. The quantitative estimate of drug-likeness (QED) is 0.464. The Morgan fingerprint density at radius 3 is 2.66 bits per heavy atom. The second-order valence-electron chi connectivity index (χ2n) is 7.46. The summed E-state index contributed by atoms with van der Waals surface area (Å²) >= 11 is 0. The van der Waals surface area contributed by atoms with E-state index in [0.717, 1.165) is 29.4 Å². The van der Waals surface area contributed by atoms with Crippen LogP contribution in [-0.4, -0.2) is 69.6 Å². The normalized spacial score (nSPS) is 14.7. The number of carbonyl (C=O) groups excluding carboxylic acids is 1. The Bertz CT molecular complexity index is 1090. The molecule has 1 saturated heterocycles. The van der Waals surface area contributed by atoms with E-state index < -0.39 is 0 Å². The van der Waals surface area contributed by atoms with Crippen LogP contribution in [0.1, 0.15) is 12.6 Å². The fourth-order valence-corrected chi connectivity index (χ4v) is 3.58. The molecule has 2 aromatic heterocycles. The van der Waals surface area contributed by atoms with Gasteiger partial charge in [-0.1, -0.05) is 0 Å². The zero-order valence-electron chi connectivity index (χ0n) is 18.6. The number of hydrogen-bond acceptors (Lipinski definition) is 5. The molecule has 1 aromatic carbocycles. The number of ether oxygens (including phenoxy) is 1. The average Bonchev–Trinajstić information content (AvgIpc) is 3.46. The summed E-state index contributed by atoms with van der Waals surface area (Å²) in [7, 11) is 3.49. The molecule has 3 heterocycles. The second-order valence-corrected chi connectivity index (χ2v) is 7.46. The molecule has 0 unspecified atom stereocenters. The molecule has 1 aliphatic heterocycles. The van der Waals surface area contributed by atoms with Gasteiger partial charge in [-0.05, 0) is 37.3 Å². The van der Waals surface area contributed by atoms with Crippen LogP contribution in [-0.2, 0) is 18.4 Å². The van der Waals surface area contributed by atoms with Crippen molar-refractivity contribution in [1.29, 1.82) is 0 Å². The van der Waals surface area contributed by atoms with Crippen LogP contribution < -0.4 is 15.0 Å². The summed E-state index contributed by atoms with van der Waals surface area (Å²) in [5.74, 6) is 1.54. The highest BCUT2D eigenvalue weighted by Gasteiger charge is 2.27. The minimum absolute atomic E-state index is 0.0265. The minimum Gasteiger partial charge on any atom is -0.497 e. The molecule has 32 heavy (non-hydrogen) atoms. The van der Waals surface area contributed by atoms with Crippen LogP contribution in [0.3, 0.4) is 0 Å². The van der Waals surface area contributed by atoms with Gasteiger partial charge in [0.25, 0.3) is 0 Å². The summed E-state index contributed by atoms with van der Waals surface area (Å²) in [6, 6.07) is 9.66. The van der Waals surface area contributed by atoms with E-state index in [9.17, 15) is 4.79 Å². The number of methoxy groups -OCH3 is 1. The Labute approximate surface area is 187 Å². The number of guanidine groups is 1. The van der Waals surface area contributed by atoms with Gasteiger partial charge in [0.15, 0.2) is 5.96 Å². The van der Waals surface area contributed by atoms with Crippen molar-refractivity contribution in [2.45, 2.75) is 13.5 Å². The highest BCUT2D eigenvalue weighted by molar-refractivity contribution is 5.98. The first-order valence-electron chi connectivity index (χ1n) is 10.6. The van der Waals surface area contributed by atoms with E-state index in [1.807, 2.05) is 66.3 Å². The molecule has 1 amide bonds. The number of aliphatic imine (C=N–C) groups is 1. The van der Waals surface area contributed by atoms with E-state index in [0.29, 0.717) is 25.6 Å². The van der Waals surface area contributed by atoms with Crippen LogP contribution in [0.25, 0.3) is 5.69 Å². The number of aromatic nitrogens is 4. The fraction of sp³-hybridized carbons (Fsp3) is 0.364. The largest absolute Gasteiger partial charge is 0.497 e. The maximum atomic E-state index is 12.7. The number of aryl methyl sites for hydroxylation is 1. The molecule has 0 radical (unpaired) electrons. The van der Waals surface area contributed by atoms with Crippen molar-refractivity contribution in [3.63, 3.8) is 0 Å². The Morgan fingerprint density at radius 2 is 2.00 bits per heavy atom. The summed E-state index contributed by atoms with van der Waals surface area (Å²) in [6.07, 6.45) is 5.48. The third-order valence-corrected chi connectivity index (χ3v) is 5.23. The van der Waals surface area contributed by atoms with Crippen LogP contribution in [0.5, 0.6) is 5.75 Å². The molecule has 10 nitrogen and oxygen atoms in total. The molecule has 1 N–H and O–H groups in total. The van der Waals surface area contributed by atoms with E-state index in [2.05, 4.69) is 15.5 Å². The topological polar surface area (TPSA) is 92.8 Å². The smallest absolute Gasteiger partial charge is 0.246 e. The third-order valence-electron chi connectivity index (χ3n) is 5.23. The number of rotatable bonds is 6. The van der Waals surface area contributed by atoms with Gasteiger partial charge in [0.05, 0.1) is 36.9 Å². The van der Waals surface area contributed by atoms with Gasteiger partial charge in [0.2, 0.25) is 5.91 Å². The lowest BCUT2D eigenvalue weighted by Crippen LogP contribution is -2.55. The first-order chi connectivity index (χ1) is 15.6. The predicted molar refractivity (Wildman–Crippen MR) is 122 cm³/mol. The summed E-state index contributed by atoms with van der Waals surface area (Å²) in [5.41, 5.74) is 2.62. The standard InChI is InChI=1S/C22H28N8O2/c1-4-23-22(28-11-12-29(21(31)16-28)19-14-25-27(2)15-19)24-13-17-9-10-30(26-17)18-5-7-20(32-3)8-6-18/h5-10,14-15H,4,11-13,16H2,1-3H3,(H,23,24). The minimum atomic E-state index is 0.0265. The lowest BCUT2D eigenvalue weighted by atomic mass is 10.3. The van der Waals surface area contributed by atoms with E-state index in [-0.39, 0.29) is 12.5 Å². The van der Waals surface area contributed by atoms with Gasteiger partial charge in [-0.25, -0.2) is 9.67 Å². The van der Waals surface area contributed by atoms with Crippen LogP contribution in [0, 0.1) is 0 Å². The lowest BCUT2D eigenvalue weighted by Gasteiger charge is -2.35. The van der Waals surface area contributed by atoms with Crippen LogP contribution in [0.15, 0.2) is 53.9 Å². The number of nitrogens with one attached hydrogen (secondary N) is 1. The molecular weight excluding hydrogens is 408 g/mol. The average molecular weight is 437 g/mol. The van der Waals surface area contributed by atoms with Gasteiger partial charge in [0.1, 0.15) is 12.3 Å². The van der Waals surface area contributed by atoms with Crippen molar-refractivity contribution in [2.75, 3.05) is 38.2 Å². The third kappa shape index (κ3) is 4.74. The molecule has 4 rings (SSSR count). The molecule has 0 bridgehead atoms. The maximum Gasteiger partial charge on any atom is 0.246 e. The van der Waals surface area contributed by atoms with Gasteiger partial charge >= 0.3 is 0 Å². The van der Waals surface area contributed by atoms with Crippen molar-refractivity contribution in [3.8, 4) is 11.4 Å². The molecule has 1 aliphatic rings. The zero-order chi connectivity index (χ0) is 22.5. The van der Waals surface area contributed by atoms with Crippen LogP contribution in [0.4, 0.5) is 5.69 Å². The van der Waals surface area contributed by atoms with E-state index in [1.165, 1.54) is 0 Å². The van der Waals surface area contributed by atoms with Gasteiger partial charge in [-0.15, -0.1) is 0 Å². The number of hydrogen-bond donors (Lipinski definition) is 1. The van der Waals surface area contributed by atoms with Gasteiger partial charge in [-0.3, -0.25) is 9.48 Å². The molecule has 10 heteroatoms. The van der Waals surface area contributed by atoms with Gasteiger partial charge in [0, 0.05) is 39.1 Å². The molecule has 0 atom stereocenters. The van der Waals surface area contributed by atoms with Crippen molar-refractivity contribution < 1.29 is 9.53 Å². The monoisotopic (exact) mass is 436 g/mol.